The lowest BCUT2D eigenvalue weighted by molar-refractivity contribution is -0.384. The topological polar surface area (TPSA) is 118 Å². The summed E-state index contributed by atoms with van der Waals surface area (Å²) in [5, 5.41) is 23.0. The van der Waals surface area contributed by atoms with Crippen molar-refractivity contribution >= 4 is 34.0 Å². The number of amides is 2. The van der Waals surface area contributed by atoms with Gasteiger partial charge < -0.3 is 4.90 Å². The second kappa shape index (κ2) is 8.60. The molecular weight excluding hydrogens is 418 g/mol. The van der Waals surface area contributed by atoms with Crippen molar-refractivity contribution in [3.63, 3.8) is 0 Å². The molecule has 2 aromatic carbocycles. The highest BCUT2D eigenvalue weighted by atomic mass is 32.1. The third kappa shape index (κ3) is 4.43. The summed E-state index contributed by atoms with van der Waals surface area (Å²) >= 11 is 1.26. The highest BCUT2D eigenvalue weighted by Gasteiger charge is 2.35. The fraction of sp³-hybridized carbons (Fsp3) is 0.238. The second-order valence-corrected chi connectivity index (χ2v) is 8.21. The molecule has 0 aliphatic carbocycles. The van der Waals surface area contributed by atoms with E-state index in [9.17, 15) is 19.7 Å². The lowest BCUT2D eigenvalue weighted by Gasteiger charge is -2.23. The van der Waals surface area contributed by atoms with Gasteiger partial charge in [0.25, 0.3) is 11.6 Å². The number of non-ortho nitro benzene ring substituents is 1. The van der Waals surface area contributed by atoms with Gasteiger partial charge in [0.2, 0.25) is 11.0 Å². The van der Waals surface area contributed by atoms with Crippen molar-refractivity contribution in [2.24, 2.45) is 0 Å². The maximum Gasteiger partial charge on any atom is 0.270 e. The Morgan fingerprint density at radius 1 is 1.19 bits per heavy atom. The van der Waals surface area contributed by atoms with Crippen molar-refractivity contribution in [2.75, 3.05) is 11.9 Å². The van der Waals surface area contributed by atoms with E-state index in [1.807, 2.05) is 31.2 Å². The van der Waals surface area contributed by atoms with Crippen LogP contribution in [0, 0.1) is 17.0 Å². The number of carbonyl (C=O) groups is 2. The lowest BCUT2D eigenvalue weighted by Crippen LogP contribution is -2.43. The predicted octanol–water partition coefficient (Wildman–Crippen LogP) is 3.67. The van der Waals surface area contributed by atoms with Crippen molar-refractivity contribution in [1.29, 1.82) is 0 Å². The first-order chi connectivity index (χ1) is 14.9. The van der Waals surface area contributed by atoms with Gasteiger partial charge >= 0.3 is 0 Å². The second-order valence-electron chi connectivity index (χ2n) is 7.23. The first-order valence-corrected chi connectivity index (χ1v) is 10.5. The number of nitrogens with one attached hydrogen (secondary N) is 1. The zero-order chi connectivity index (χ0) is 22.0. The summed E-state index contributed by atoms with van der Waals surface area (Å²) in [6.45, 7) is 2.40. The number of anilines is 1. The highest BCUT2D eigenvalue weighted by molar-refractivity contribution is 7.18. The molecule has 158 valence electrons. The van der Waals surface area contributed by atoms with Crippen molar-refractivity contribution in [3.8, 4) is 10.6 Å². The Balaban J connectivity index is 1.47. The Bertz CT molecular complexity index is 1140. The average Bonchev–Trinajstić information content (AvgIpc) is 3.44. The van der Waals surface area contributed by atoms with Crippen molar-refractivity contribution in [2.45, 2.75) is 25.8 Å². The Morgan fingerprint density at radius 3 is 2.71 bits per heavy atom. The highest BCUT2D eigenvalue weighted by Crippen LogP contribution is 2.28. The van der Waals surface area contributed by atoms with Gasteiger partial charge in [-0.25, -0.2) is 0 Å². The number of nitrogens with zero attached hydrogens (tertiary/aromatic N) is 4. The maximum absolute atomic E-state index is 12.9. The number of hydrogen-bond donors (Lipinski definition) is 1. The van der Waals surface area contributed by atoms with Crippen LogP contribution < -0.4 is 5.32 Å². The molecule has 0 saturated carbocycles. The minimum absolute atomic E-state index is 0.163. The predicted molar refractivity (Wildman–Crippen MR) is 116 cm³/mol. The molecular formula is C21H19N5O4S. The minimum Gasteiger partial charge on any atom is -0.327 e. The van der Waals surface area contributed by atoms with E-state index >= 15 is 0 Å². The fourth-order valence-electron chi connectivity index (χ4n) is 3.48. The number of rotatable bonds is 5. The molecule has 1 aliphatic heterocycles. The summed E-state index contributed by atoms with van der Waals surface area (Å²) in [4.78, 5) is 37.7. The molecule has 0 spiro atoms. The molecule has 9 nitrogen and oxygen atoms in total. The molecule has 2 heterocycles. The molecule has 1 unspecified atom stereocenters. The van der Waals surface area contributed by atoms with Crippen LogP contribution in [0.1, 0.15) is 28.8 Å². The number of aryl methyl sites for hydroxylation is 1. The van der Waals surface area contributed by atoms with Crippen LogP contribution in [0.25, 0.3) is 10.6 Å². The number of benzene rings is 2. The molecule has 3 aromatic rings. The van der Waals surface area contributed by atoms with Crippen LogP contribution in [0.5, 0.6) is 0 Å². The zero-order valence-electron chi connectivity index (χ0n) is 16.6. The molecule has 1 saturated heterocycles. The Morgan fingerprint density at radius 2 is 1.97 bits per heavy atom. The first kappa shape index (κ1) is 20.6. The minimum atomic E-state index is -0.668. The van der Waals surface area contributed by atoms with Crippen LogP contribution in [0.3, 0.4) is 0 Å². The van der Waals surface area contributed by atoms with E-state index in [-0.39, 0.29) is 17.2 Å². The molecule has 1 atom stereocenters. The normalized spacial score (nSPS) is 15.6. The molecule has 0 bridgehead atoms. The number of aromatic nitrogens is 2. The Hall–Kier alpha value is -3.66. The quantitative estimate of drug-likeness (QED) is 0.481. The van der Waals surface area contributed by atoms with Crippen LogP contribution in [-0.2, 0) is 4.79 Å². The van der Waals surface area contributed by atoms with E-state index in [4.69, 9.17) is 0 Å². The van der Waals surface area contributed by atoms with Gasteiger partial charge in [0.05, 0.1) is 4.92 Å². The van der Waals surface area contributed by atoms with Gasteiger partial charge in [0.1, 0.15) is 11.0 Å². The van der Waals surface area contributed by atoms with Gasteiger partial charge in [-0.3, -0.25) is 25.0 Å². The zero-order valence-corrected chi connectivity index (χ0v) is 17.5. The van der Waals surface area contributed by atoms with Crippen molar-refractivity contribution in [3.05, 3.63) is 69.8 Å². The van der Waals surface area contributed by atoms with E-state index in [0.717, 1.165) is 11.1 Å². The Kier molecular flexibility index (Phi) is 5.72. The fourth-order valence-corrected chi connectivity index (χ4v) is 4.23. The summed E-state index contributed by atoms with van der Waals surface area (Å²) in [6, 6.07) is 12.7. The van der Waals surface area contributed by atoms with E-state index in [1.165, 1.54) is 40.5 Å². The molecule has 1 N–H and O–H groups in total. The molecule has 4 rings (SSSR count). The largest absolute Gasteiger partial charge is 0.327 e. The lowest BCUT2D eigenvalue weighted by atomic mass is 10.1. The molecule has 10 heteroatoms. The molecule has 31 heavy (non-hydrogen) atoms. The summed E-state index contributed by atoms with van der Waals surface area (Å²) in [6.07, 6.45) is 1.18. The van der Waals surface area contributed by atoms with E-state index in [2.05, 4.69) is 15.5 Å². The summed E-state index contributed by atoms with van der Waals surface area (Å²) in [5.74, 6) is -0.748. The van der Waals surface area contributed by atoms with E-state index < -0.39 is 16.9 Å². The monoisotopic (exact) mass is 437 g/mol. The standard InChI is InChI=1S/C21H19N5O4S/c1-13-7-9-14(10-8-13)19-23-24-21(31-19)22-18(27)17-6-3-11-25(17)20(28)15-4-2-5-16(12-15)26(29)30/h2,4-5,7-10,12,17H,3,6,11H2,1H3,(H,22,24,27). The van der Waals surface area contributed by atoms with E-state index in [1.54, 1.807) is 0 Å². The number of hydrogen-bond acceptors (Lipinski definition) is 7. The SMILES string of the molecule is Cc1ccc(-c2nnc(NC(=O)C3CCCN3C(=O)c3cccc([N+](=O)[O-])c3)s2)cc1. The van der Waals surface area contributed by atoms with Crippen molar-refractivity contribution in [1.82, 2.24) is 15.1 Å². The molecule has 0 radical (unpaired) electrons. The maximum atomic E-state index is 12.9. The van der Waals surface area contributed by atoms with Gasteiger partial charge in [0, 0.05) is 29.8 Å². The van der Waals surface area contributed by atoms with Crippen molar-refractivity contribution < 1.29 is 14.5 Å². The molecule has 2 amide bonds. The average molecular weight is 437 g/mol. The van der Waals surface area contributed by atoms with E-state index in [0.29, 0.717) is 29.5 Å². The van der Waals surface area contributed by atoms with Crippen LogP contribution >= 0.6 is 11.3 Å². The van der Waals surface area contributed by atoms with Gasteiger partial charge in [0.15, 0.2) is 0 Å². The Labute approximate surface area is 181 Å². The summed E-state index contributed by atoms with van der Waals surface area (Å²) in [5.41, 5.74) is 2.07. The third-order valence-corrected chi connectivity index (χ3v) is 5.96. The molecule has 1 aromatic heterocycles. The summed E-state index contributed by atoms with van der Waals surface area (Å²) in [7, 11) is 0. The number of nitro groups is 1. The van der Waals surface area contributed by atoms with Gasteiger partial charge in [-0.05, 0) is 25.8 Å². The smallest absolute Gasteiger partial charge is 0.270 e. The van der Waals surface area contributed by atoms with Gasteiger partial charge in [-0.1, -0.05) is 47.2 Å². The number of likely N-dealkylation sites (tertiary alicyclic amines) is 1. The van der Waals surface area contributed by atoms with Crippen LogP contribution in [0.15, 0.2) is 48.5 Å². The summed E-state index contributed by atoms with van der Waals surface area (Å²) < 4.78 is 0. The van der Waals surface area contributed by atoms with Crippen LogP contribution in [0.4, 0.5) is 10.8 Å². The van der Waals surface area contributed by atoms with Gasteiger partial charge in [-0.2, -0.15) is 0 Å². The first-order valence-electron chi connectivity index (χ1n) is 9.69. The molecule has 1 aliphatic rings. The number of nitro benzene ring substituents is 1. The van der Waals surface area contributed by atoms with Gasteiger partial charge in [-0.15, -0.1) is 10.2 Å². The molecule has 1 fully saturated rings. The number of carbonyl (C=O) groups excluding carboxylic acids is 2. The van der Waals surface area contributed by atoms with Crippen LogP contribution in [-0.4, -0.2) is 44.4 Å². The third-order valence-electron chi connectivity index (χ3n) is 5.07. The van der Waals surface area contributed by atoms with Crippen LogP contribution in [0.2, 0.25) is 0 Å².